The van der Waals surface area contributed by atoms with Gasteiger partial charge >= 0.3 is 0 Å². The number of aromatic nitrogens is 3. The summed E-state index contributed by atoms with van der Waals surface area (Å²) in [5.74, 6) is -0.0706. The lowest BCUT2D eigenvalue weighted by Gasteiger charge is -2.22. The Bertz CT molecular complexity index is 586. The van der Waals surface area contributed by atoms with Gasteiger partial charge in [-0.2, -0.15) is 5.10 Å². The van der Waals surface area contributed by atoms with Crippen LogP contribution >= 0.6 is 24.8 Å². The first-order valence-electron chi connectivity index (χ1n) is 6.84. The van der Waals surface area contributed by atoms with E-state index in [9.17, 15) is 4.79 Å². The lowest BCUT2D eigenvalue weighted by atomic mass is 10.2. The van der Waals surface area contributed by atoms with E-state index >= 15 is 0 Å². The molecule has 23 heavy (non-hydrogen) atoms. The number of anilines is 1. The van der Waals surface area contributed by atoms with E-state index in [-0.39, 0.29) is 36.8 Å². The van der Waals surface area contributed by atoms with E-state index < -0.39 is 0 Å². The van der Waals surface area contributed by atoms with Gasteiger partial charge in [-0.25, -0.2) is 9.67 Å². The van der Waals surface area contributed by atoms with Crippen molar-refractivity contribution in [3.63, 3.8) is 0 Å². The maximum Gasteiger partial charge on any atom is 0.243 e. The van der Waals surface area contributed by atoms with Crippen molar-refractivity contribution in [2.24, 2.45) is 0 Å². The number of nitrogens with zero attached hydrogens (tertiary/aromatic N) is 3. The third-order valence-electron chi connectivity index (χ3n) is 3.27. The van der Waals surface area contributed by atoms with Crippen molar-refractivity contribution in [1.29, 1.82) is 0 Å². The Labute approximate surface area is 146 Å². The highest BCUT2D eigenvalue weighted by molar-refractivity contribution is 5.95. The summed E-state index contributed by atoms with van der Waals surface area (Å²) in [5, 5.41) is 10.1. The molecule has 7 nitrogen and oxygen atoms in total. The summed E-state index contributed by atoms with van der Waals surface area (Å²) in [7, 11) is 0. The number of amides is 1. The lowest BCUT2D eigenvalue weighted by molar-refractivity contribution is -0.120. The molecule has 9 heteroatoms. The number of hydrogen-bond donors (Lipinski definition) is 2. The first-order chi connectivity index (χ1) is 10.3. The number of ether oxygens (including phenoxy) is 1. The fraction of sp³-hybridized carbons (Fsp3) is 0.357. The van der Waals surface area contributed by atoms with Gasteiger partial charge < -0.3 is 15.4 Å². The van der Waals surface area contributed by atoms with Crippen molar-refractivity contribution in [3.8, 4) is 0 Å². The van der Waals surface area contributed by atoms with Crippen LogP contribution in [0.4, 0.5) is 5.69 Å². The molecule has 1 aromatic heterocycles. The number of benzene rings is 1. The minimum absolute atomic E-state index is 0. The van der Waals surface area contributed by atoms with Crippen LogP contribution in [-0.4, -0.2) is 46.5 Å². The van der Waals surface area contributed by atoms with Crippen molar-refractivity contribution in [1.82, 2.24) is 20.1 Å². The van der Waals surface area contributed by atoms with E-state index in [1.54, 1.807) is 11.0 Å². The zero-order chi connectivity index (χ0) is 14.5. The van der Waals surface area contributed by atoms with Gasteiger partial charge in [0.25, 0.3) is 0 Å². The van der Waals surface area contributed by atoms with Gasteiger partial charge in [0.1, 0.15) is 18.7 Å². The Morgan fingerprint density at radius 3 is 2.74 bits per heavy atom. The molecule has 0 radical (unpaired) electrons. The SMILES string of the molecule is Cl.Cl.O=C(Nc1ccc(Cn2cncn2)cc1)C1COCCN1. The van der Waals surface area contributed by atoms with Gasteiger partial charge in [-0.1, -0.05) is 12.1 Å². The van der Waals surface area contributed by atoms with Crippen LogP contribution in [0, 0.1) is 0 Å². The molecule has 3 rings (SSSR count). The first-order valence-corrected chi connectivity index (χ1v) is 6.84. The molecular weight excluding hydrogens is 341 g/mol. The maximum atomic E-state index is 12.0. The van der Waals surface area contributed by atoms with Crippen LogP contribution in [0.2, 0.25) is 0 Å². The molecule has 1 unspecified atom stereocenters. The fourth-order valence-electron chi connectivity index (χ4n) is 2.16. The highest BCUT2D eigenvalue weighted by Crippen LogP contribution is 2.11. The summed E-state index contributed by atoms with van der Waals surface area (Å²) in [6.07, 6.45) is 3.18. The lowest BCUT2D eigenvalue weighted by Crippen LogP contribution is -2.48. The van der Waals surface area contributed by atoms with E-state index in [0.29, 0.717) is 26.3 Å². The Morgan fingerprint density at radius 2 is 2.13 bits per heavy atom. The van der Waals surface area contributed by atoms with Gasteiger partial charge in [-0.05, 0) is 17.7 Å². The van der Waals surface area contributed by atoms with Gasteiger partial charge in [0.15, 0.2) is 0 Å². The Morgan fingerprint density at radius 1 is 1.35 bits per heavy atom. The average molecular weight is 360 g/mol. The molecule has 126 valence electrons. The molecule has 0 saturated carbocycles. The zero-order valence-corrected chi connectivity index (χ0v) is 14.0. The van der Waals surface area contributed by atoms with E-state index in [4.69, 9.17) is 4.74 Å². The quantitative estimate of drug-likeness (QED) is 0.854. The number of nitrogens with one attached hydrogen (secondary N) is 2. The normalized spacial score (nSPS) is 16.8. The molecule has 1 aromatic carbocycles. The second kappa shape index (κ2) is 9.46. The minimum atomic E-state index is -0.284. The summed E-state index contributed by atoms with van der Waals surface area (Å²) in [6.45, 7) is 2.43. The van der Waals surface area contributed by atoms with Crippen LogP contribution in [0.15, 0.2) is 36.9 Å². The molecule has 2 aromatic rings. The number of carbonyl (C=O) groups is 1. The third kappa shape index (κ3) is 5.47. The predicted molar refractivity (Wildman–Crippen MR) is 91.3 cm³/mol. The summed E-state index contributed by atoms with van der Waals surface area (Å²) < 4.78 is 7.03. The molecule has 1 aliphatic heterocycles. The van der Waals surface area contributed by atoms with Crippen LogP contribution in [0.3, 0.4) is 0 Å². The van der Waals surface area contributed by atoms with Gasteiger partial charge in [0, 0.05) is 12.2 Å². The summed E-state index contributed by atoms with van der Waals surface area (Å²) in [6, 6.07) is 7.40. The van der Waals surface area contributed by atoms with Crippen molar-refractivity contribution < 1.29 is 9.53 Å². The average Bonchev–Trinajstić information content (AvgIpc) is 3.03. The molecule has 1 aliphatic rings. The topological polar surface area (TPSA) is 81.1 Å². The van der Waals surface area contributed by atoms with E-state index in [0.717, 1.165) is 11.3 Å². The fourth-order valence-corrected chi connectivity index (χ4v) is 2.16. The summed E-state index contributed by atoms with van der Waals surface area (Å²) in [5.41, 5.74) is 1.87. The number of morpholine rings is 1. The molecule has 2 heterocycles. The number of rotatable bonds is 4. The van der Waals surface area contributed by atoms with E-state index in [1.165, 1.54) is 6.33 Å². The van der Waals surface area contributed by atoms with Crippen LogP contribution < -0.4 is 10.6 Å². The van der Waals surface area contributed by atoms with Gasteiger partial charge in [0.05, 0.1) is 19.8 Å². The molecule has 0 spiro atoms. The Kier molecular flexibility index (Phi) is 7.97. The van der Waals surface area contributed by atoms with Gasteiger partial charge in [-0.15, -0.1) is 24.8 Å². The second-order valence-corrected chi connectivity index (χ2v) is 4.86. The van der Waals surface area contributed by atoms with Gasteiger partial charge in [-0.3, -0.25) is 4.79 Å². The standard InChI is InChI=1S/C14H17N5O2.2ClH/c20-14(13-8-21-6-5-16-13)18-12-3-1-11(2-4-12)7-19-10-15-9-17-19;;/h1-4,9-10,13,16H,5-8H2,(H,18,20);2*1H. The maximum absolute atomic E-state index is 12.0. The largest absolute Gasteiger partial charge is 0.378 e. The molecule has 1 saturated heterocycles. The van der Waals surface area contributed by atoms with Crippen molar-refractivity contribution in [3.05, 3.63) is 42.5 Å². The van der Waals surface area contributed by atoms with Crippen LogP contribution in [-0.2, 0) is 16.1 Å². The second-order valence-electron chi connectivity index (χ2n) is 4.86. The molecule has 0 bridgehead atoms. The van der Waals surface area contributed by atoms with E-state index in [1.807, 2.05) is 24.3 Å². The third-order valence-corrected chi connectivity index (χ3v) is 3.27. The van der Waals surface area contributed by atoms with Crippen LogP contribution in [0.25, 0.3) is 0 Å². The van der Waals surface area contributed by atoms with Crippen LogP contribution in [0.1, 0.15) is 5.56 Å². The van der Waals surface area contributed by atoms with Crippen molar-refractivity contribution in [2.75, 3.05) is 25.1 Å². The molecule has 1 fully saturated rings. The Balaban J connectivity index is 0.00000132. The van der Waals surface area contributed by atoms with Crippen molar-refractivity contribution in [2.45, 2.75) is 12.6 Å². The number of carbonyl (C=O) groups excluding carboxylic acids is 1. The predicted octanol–water partition coefficient (Wildman–Crippen LogP) is 1.10. The van der Waals surface area contributed by atoms with Crippen molar-refractivity contribution >= 4 is 36.4 Å². The smallest absolute Gasteiger partial charge is 0.243 e. The summed E-state index contributed by atoms with van der Waals surface area (Å²) >= 11 is 0. The Hall–Kier alpha value is -1.67. The zero-order valence-electron chi connectivity index (χ0n) is 12.3. The number of halogens is 2. The highest BCUT2D eigenvalue weighted by Gasteiger charge is 2.20. The highest BCUT2D eigenvalue weighted by atomic mass is 35.5. The van der Waals surface area contributed by atoms with E-state index in [2.05, 4.69) is 20.7 Å². The van der Waals surface area contributed by atoms with Crippen LogP contribution in [0.5, 0.6) is 0 Å². The molecule has 0 aliphatic carbocycles. The monoisotopic (exact) mass is 359 g/mol. The first kappa shape index (κ1) is 19.4. The number of hydrogen-bond acceptors (Lipinski definition) is 5. The van der Waals surface area contributed by atoms with Gasteiger partial charge in [0.2, 0.25) is 5.91 Å². The molecule has 1 amide bonds. The molecule has 1 atom stereocenters. The molecular formula is C14H19Cl2N5O2. The minimum Gasteiger partial charge on any atom is -0.378 e. The summed E-state index contributed by atoms with van der Waals surface area (Å²) in [4.78, 5) is 15.9. The molecule has 2 N–H and O–H groups in total.